The highest BCUT2D eigenvalue weighted by Gasteiger charge is 2.79. The number of aliphatic hydroxyl groups is 1. The van der Waals surface area contributed by atoms with E-state index >= 15 is 0 Å². The minimum Gasteiger partial charge on any atom is -0.481 e. The van der Waals surface area contributed by atoms with Crippen molar-refractivity contribution >= 4 is 28.9 Å². The molecule has 2 aromatic heterocycles. The number of anilines is 2. The third-order valence-electron chi connectivity index (χ3n) is 8.93. The van der Waals surface area contributed by atoms with E-state index in [4.69, 9.17) is 0 Å². The number of aliphatic carboxylic acids is 1. The molecule has 0 spiro atoms. The minimum atomic E-state index is -4.58. The van der Waals surface area contributed by atoms with Crippen molar-refractivity contribution in [2.45, 2.75) is 58.7 Å². The quantitative estimate of drug-likeness (QED) is 0.361. The highest BCUT2D eigenvalue weighted by atomic mass is 32.1. The van der Waals surface area contributed by atoms with Crippen LogP contribution in [0, 0.1) is 23.2 Å². The van der Waals surface area contributed by atoms with Crippen LogP contribution in [0.4, 0.5) is 24.8 Å². The second kappa shape index (κ2) is 7.97. The average Bonchev–Trinajstić information content (AvgIpc) is 3.41. The van der Waals surface area contributed by atoms with Crippen LogP contribution in [0.15, 0.2) is 36.7 Å². The van der Waals surface area contributed by atoms with E-state index in [-0.39, 0.29) is 12.4 Å². The Morgan fingerprint density at radius 2 is 1.86 bits per heavy atom. The smallest absolute Gasteiger partial charge is 0.433 e. The number of hydrogen-bond donors (Lipinski definition) is 3. The predicted octanol–water partition coefficient (Wildman–Crippen LogP) is 6.16. The lowest BCUT2D eigenvalue weighted by Gasteiger charge is -2.44. The number of hydrogen-bond acceptors (Lipinski definition) is 7. The van der Waals surface area contributed by atoms with Crippen LogP contribution in [0.2, 0.25) is 0 Å². The summed E-state index contributed by atoms with van der Waals surface area (Å²) in [6, 6.07) is 6.23. The van der Waals surface area contributed by atoms with Gasteiger partial charge in [0.15, 0.2) is 0 Å². The SMILES string of the molecule is Cc1cc(Nc2nccc(C(F)(F)F)n2)cc(-c2cnc(C3(O)CC4(C(=O)O)CCC3(C)C4(C)C)s2)c1. The molecule has 3 aromatic rings. The Balaban J connectivity index is 1.48. The summed E-state index contributed by atoms with van der Waals surface area (Å²) < 4.78 is 39.1. The summed E-state index contributed by atoms with van der Waals surface area (Å²) in [7, 11) is 0. The van der Waals surface area contributed by atoms with Crippen molar-refractivity contribution in [2.24, 2.45) is 16.2 Å². The van der Waals surface area contributed by atoms with E-state index in [1.54, 1.807) is 18.3 Å². The summed E-state index contributed by atoms with van der Waals surface area (Å²) in [4.78, 5) is 25.1. The highest BCUT2D eigenvalue weighted by molar-refractivity contribution is 7.15. The molecule has 2 aliphatic rings. The molecule has 0 aliphatic heterocycles. The van der Waals surface area contributed by atoms with Crippen LogP contribution in [0.5, 0.6) is 0 Å². The van der Waals surface area contributed by atoms with Crippen LogP contribution >= 0.6 is 11.3 Å². The van der Waals surface area contributed by atoms with Crippen molar-refractivity contribution in [3.8, 4) is 10.4 Å². The maximum absolute atomic E-state index is 13.0. The van der Waals surface area contributed by atoms with Crippen LogP contribution < -0.4 is 5.32 Å². The fraction of sp³-hybridized carbons (Fsp3) is 0.462. The van der Waals surface area contributed by atoms with Crippen LogP contribution in [0.25, 0.3) is 10.4 Å². The van der Waals surface area contributed by atoms with Gasteiger partial charge in [-0.15, -0.1) is 11.3 Å². The number of carboxylic acid groups (broad SMARTS) is 1. The van der Waals surface area contributed by atoms with E-state index in [1.165, 1.54) is 11.3 Å². The number of halogens is 3. The fourth-order valence-electron chi connectivity index (χ4n) is 6.35. The fourth-order valence-corrected chi connectivity index (χ4v) is 7.47. The number of alkyl halides is 3. The Labute approximate surface area is 215 Å². The summed E-state index contributed by atoms with van der Waals surface area (Å²) >= 11 is 1.30. The molecule has 2 bridgehead atoms. The lowest BCUT2D eigenvalue weighted by molar-refractivity contribution is -0.155. The lowest BCUT2D eigenvalue weighted by atomic mass is 9.63. The Hall–Kier alpha value is -3.05. The molecule has 0 amide bonds. The summed E-state index contributed by atoms with van der Waals surface area (Å²) in [5, 5.41) is 25.4. The number of thiazole rings is 1. The molecule has 2 fully saturated rings. The molecule has 0 radical (unpaired) electrons. The number of fused-ring (bicyclic) bond motifs is 2. The molecule has 2 aliphatic carbocycles. The summed E-state index contributed by atoms with van der Waals surface area (Å²) in [6.07, 6.45) is -0.705. The van der Waals surface area contributed by atoms with Gasteiger partial charge in [-0.3, -0.25) is 4.79 Å². The van der Waals surface area contributed by atoms with Crippen molar-refractivity contribution in [2.75, 3.05) is 5.32 Å². The van der Waals surface area contributed by atoms with Gasteiger partial charge < -0.3 is 15.5 Å². The van der Waals surface area contributed by atoms with Gasteiger partial charge in [-0.2, -0.15) is 13.2 Å². The molecule has 5 rings (SSSR count). The maximum Gasteiger partial charge on any atom is 0.433 e. The minimum absolute atomic E-state index is 0.0965. The van der Waals surface area contributed by atoms with Gasteiger partial charge in [0.25, 0.3) is 0 Å². The first kappa shape index (κ1) is 25.6. The van der Waals surface area contributed by atoms with E-state index < -0.39 is 39.7 Å². The van der Waals surface area contributed by atoms with Gasteiger partial charge in [-0.1, -0.05) is 26.8 Å². The van der Waals surface area contributed by atoms with Gasteiger partial charge in [0, 0.05) is 23.5 Å². The van der Waals surface area contributed by atoms with Crippen molar-refractivity contribution in [3.05, 3.63) is 52.9 Å². The van der Waals surface area contributed by atoms with E-state index in [0.29, 0.717) is 23.5 Å². The van der Waals surface area contributed by atoms with Crippen molar-refractivity contribution in [1.29, 1.82) is 0 Å². The molecule has 2 heterocycles. The van der Waals surface area contributed by atoms with Gasteiger partial charge in [0.05, 0.1) is 10.3 Å². The molecule has 37 heavy (non-hydrogen) atoms. The molecule has 196 valence electrons. The molecule has 1 aromatic carbocycles. The zero-order valence-electron chi connectivity index (χ0n) is 20.8. The molecule has 11 heteroatoms. The molecule has 0 saturated heterocycles. The molecule has 3 atom stereocenters. The van der Waals surface area contributed by atoms with Crippen LogP contribution in [-0.2, 0) is 16.6 Å². The number of carboxylic acids is 1. The van der Waals surface area contributed by atoms with Crippen molar-refractivity contribution < 1.29 is 28.2 Å². The number of aromatic nitrogens is 3. The summed E-state index contributed by atoms with van der Waals surface area (Å²) in [6.45, 7) is 7.66. The molecular weight excluding hydrogens is 505 g/mol. The largest absolute Gasteiger partial charge is 0.481 e. The molecule has 7 nitrogen and oxygen atoms in total. The third kappa shape index (κ3) is 3.58. The Morgan fingerprint density at radius 3 is 2.51 bits per heavy atom. The zero-order chi connectivity index (χ0) is 27.0. The Morgan fingerprint density at radius 1 is 1.14 bits per heavy atom. The van der Waals surface area contributed by atoms with Crippen LogP contribution in [-0.4, -0.2) is 31.1 Å². The van der Waals surface area contributed by atoms with E-state index in [9.17, 15) is 28.2 Å². The molecule has 3 N–H and O–H groups in total. The topological polar surface area (TPSA) is 108 Å². The number of nitrogens with one attached hydrogen (secondary N) is 1. The van der Waals surface area contributed by atoms with Gasteiger partial charge in [-0.05, 0) is 60.9 Å². The Bertz CT molecular complexity index is 1410. The molecule has 3 unspecified atom stereocenters. The highest BCUT2D eigenvalue weighted by Crippen LogP contribution is 2.78. The Kier molecular flexibility index (Phi) is 5.52. The summed E-state index contributed by atoms with van der Waals surface area (Å²) in [5.41, 5.74) is -2.69. The monoisotopic (exact) mass is 532 g/mol. The number of carbonyl (C=O) groups is 1. The van der Waals surface area contributed by atoms with E-state index in [2.05, 4.69) is 20.3 Å². The second-order valence-corrected chi connectivity index (χ2v) is 11.9. The van der Waals surface area contributed by atoms with Crippen LogP contribution in [0.1, 0.15) is 56.3 Å². The number of benzene rings is 1. The standard InChI is InChI=1S/C26H27F3N4O3S/c1-14-9-15(11-16(10-14)32-21-30-8-5-18(33-21)26(27,28)29)17-12-31-19(37-17)25(36)13-24(20(34)35)7-6-23(25,4)22(24,2)3/h5,8-12,36H,6-7,13H2,1-4H3,(H,34,35)(H,30,32,33). The first-order valence-corrected chi connectivity index (χ1v) is 12.7. The lowest BCUT2D eigenvalue weighted by Crippen LogP contribution is -2.44. The van der Waals surface area contributed by atoms with Crippen molar-refractivity contribution in [3.63, 3.8) is 0 Å². The molecule has 2 saturated carbocycles. The average molecular weight is 533 g/mol. The first-order chi connectivity index (χ1) is 17.1. The van der Waals surface area contributed by atoms with Gasteiger partial charge in [0.1, 0.15) is 16.3 Å². The summed E-state index contributed by atoms with van der Waals surface area (Å²) in [5.74, 6) is -1.07. The normalized spacial score (nSPS) is 28.4. The predicted molar refractivity (Wildman–Crippen MR) is 132 cm³/mol. The first-order valence-electron chi connectivity index (χ1n) is 11.8. The van der Waals surface area contributed by atoms with Gasteiger partial charge in [0.2, 0.25) is 5.95 Å². The second-order valence-electron chi connectivity index (χ2n) is 10.9. The van der Waals surface area contributed by atoms with Gasteiger partial charge >= 0.3 is 12.1 Å². The number of aryl methyl sites for hydroxylation is 1. The van der Waals surface area contributed by atoms with E-state index in [0.717, 1.165) is 28.3 Å². The van der Waals surface area contributed by atoms with E-state index in [1.807, 2.05) is 33.8 Å². The van der Waals surface area contributed by atoms with Gasteiger partial charge in [-0.25, -0.2) is 15.0 Å². The zero-order valence-corrected chi connectivity index (χ0v) is 21.6. The maximum atomic E-state index is 13.0. The number of nitrogens with zero attached hydrogens (tertiary/aromatic N) is 3. The number of rotatable bonds is 5. The van der Waals surface area contributed by atoms with Crippen molar-refractivity contribution in [1.82, 2.24) is 15.0 Å². The third-order valence-corrected chi connectivity index (χ3v) is 10.1. The molecular formula is C26H27F3N4O3S. The van der Waals surface area contributed by atoms with Crippen LogP contribution in [0.3, 0.4) is 0 Å².